The molecule has 2 heterocycles. The number of nitrogens with zero attached hydrogens (tertiary/aromatic N) is 5. The van der Waals surface area contributed by atoms with Gasteiger partial charge in [-0.05, 0) is 37.8 Å². The number of amides is 1. The Morgan fingerprint density at radius 1 is 1.33 bits per heavy atom. The van der Waals surface area contributed by atoms with Crippen molar-refractivity contribution in [3.63, 3.8) is 0 Å². The van der Waals surface area contributed by atoms with Gasteiger partial charge in [0.25, 0.3) is 5.69 Å². The number of aromatic nitrogens is 3. The van der Waals surface area contributed by atoms with E-state index < -0.39 is 4.92 Å². The van der Waals surface area contributed by atoms with E-state index in [0.29, 0.717) is 24.2 Å². The molecule has 1 aliphatic heterocycles. The Bertz CT molecular complexity index is 1150. The quantitative estimate of drug-likeness (QED) is 0.169. The van der Waals surface area contributed by atoms with Gasteiger partial charge in [0, 0.05) is 40.9 Å². The summed E-state index contributed by atoms with van der Waals surface area (Å²) < 4.78 is 0.984. The number of hydrogen-bond acceptors (Lipinski definition) is 7. The summed E-state index contributed by atoms with van der Waals surface area (Å²) in [6.07, 6.45) is 5.42. The molecule has 1 saturated heterocycles. The number of carbonyl (C=O) groups is 1. The molecule has 1 aromatic heterocycles. The van der Waals surface area contributed by atoms with E-state index >= 15 is 0 Å². The van der Waals surface area contributed by atoms with Crippen molar-refractivity contribution in [2.45, 2.75) is 26.2 Å². The van der Waals surface area contributed by atoms with E-state index in [4.69, 9.17) is 17.6 Å². The Balaban J connectivity index is 1.78. The van der Waals surface area contributed by atoms with Crippen LogP contribution in [0.4, 0.5) is 5.69 Å². The van der Waals surface area contributed by atoms with E-state index in [1.807, 2.05) is 0 Å². The number of thiocarbonyl (C=S) groups is 1. The molecule has 11 heteroatoms. The predicted molar refractivity (Wildman–Crippen MR) is 112 cm³/mol. The molecule has 0 saturated carbocycles. The van der Waals surface area contributed by atoms with E-state index in [9.17, 15) is 20.1 Å². The highest BCUT2D eigenvalue weighted by Crippen LogP contribution is 2.33. The minimum atomic E-state index is -0.574. The number of nitro benzene ring substituents is 1. The van der Waals surface area contributed by atoms with E-state index in [1.165, 1.54) is 18.3 Å². The number of nitro groups is 1. The highest BCUT2D eigenvalue weighted by Gasteiger charge is 2.38. The first-order valence-corrected chi connectivity index (χ1v) is 9.83. The standard InChI is InChI=1S/C19H18N6O4S/c1-11-9-12-15(13(10-11)24(27)28)16(20)18-17(19(12)30)21-25(29)23(18)8-5-14(26)22-6-3-2-4-7-22/h5,8-10,20H,2-4,6-7H2,1H3/b8-5+,20-16?. The fourth-order valence-electron chi connectivity index (χ4n) is 3.85. The summed E-state index contributed by atoms with van der Waals surface area (Å²) in [4.78, 5) is 25.5. The van der Waals surface area contributed by atoms with Crippen molar-refractivity contribution in [1.29, 1.82) is 5.41 Å². The first kappa shape index (κ1) is 19.8. The molecule has 0 unspecified atom stereocenters. The highest BCUT2D eigenvalue weighted by atomic mass is 32.1. The monoisotopic (exact) mass is 426 g/mol. The highest BCUT2D eigenvalue weighted by molar-refractivity contribution is 7.81. The Kier molecular flexibility index (Phi) is 4.90. The number of piperidine rings is 1. The smallest absolute Gasteiger partial charge is 0.279 e. The molecule has 1 amide bonds. The summed E-state index contributed by atoms with van der Waals surface area (Å²) in [5, 5.41) is 36.5. The van der Waals surface area contributed by atoms with Gasteiger partial charge in [-0.1, -0.05) is 16.9 Å². The molecule has 0 atom stereocenters. The summed E-state index contributed by atoms with van der Waals surface area (Å²) in [7, 11) is 0. The van der Waals surface area contributed by atoms with Crippen LogP contribution >= 0.6 is 12.2 Å². The predicted octanol–water partition coefficient (Wildman–Crippen LogP) is 1.71. The summed E-state index contributed by atoms with van der Waals surface area (Å²) in [5.74, 6) is -0.246. The Labute approximate surface area is 176 Å². The van der Waals surface area contributed by atoms with Crippen LogP contribution in [0.5, 0.6) is 0 Å². The normalized spacial score (nSPS) is 16.0. The Hall–Kier alpha value is -3.47. The number of carbonyl (C=O) groups excluding carboxylic acids is 1. The Morgan fingerprint density at radius 2 is 2.03 bits per heavy atom. The van der Waals surface area contributed by atoms with Crippen LogP contribution in [0.15, 0.2) is 18.2 Å². The molecule has 0 bridgehead atoms. The van der Waals surface area contributed by atoms with E-state index in [0.717, 1.165) is 23.9 Å². The van der Waals surface area contributed by atoms with Crippen molar-refractivity contribution in [3.05, 3.63) is 61.6 Å². The molecular formula is C19H18N6O4S. The average Bonchev–Trinajstić information content (AvgIpc) is 3.06. The van der Waals surface area contributed by atoms with Gasteiger partial charge >= 0.3 is 0 Å². The van der Waals surface area contributed by atoms with Crippen molar-refractivity contribution >= 4 is 40.6 Å². The van der Waals surface area contributed by atoms with Crippen molar-refractivity contribution < 1.29 is 14.7 Å². The van der Waals surface area contributed by atoms with Gasteiger partial charge in [0.15, 0.2) is 11.4 Å². The number of fused-ring (bicyclic) bond motifs is 2. The largest absolute Gasteiger partial charge is 0.571 e. The zero-order valence-electron chi connectivity index (χ0n) is 16.1. The van der Waals surface area contributed by atoms with Crippen LogP contribution < -0.4 is 4.96 Å². The fraction of sp³-hybridized carbons (Fsp3) is 0.316. The number of rotatable bonds is 3. The molecule has 30 heavy (non-hydrogen) atoms. The molecule has 0 radical (unpaired) electrons. The topological polar surface area (TPSA) is 132 Å². The summed E-state index contributed by atoms with van der Waals surface area (Å²) >= 11 is 5.44. The zero-order valence-corrected chi connectivity index (χ0v) is 16.9. The molecular weight excluding hydrogens is 408 g/mol. The van der Waals surface area contributed by atoms with Gasteiger partial charge in [-0.2, -0.15) is 0 Å². The van der Waals surface area contributed by atoms with Crippen LogP contribution in [0, 0.1) is 27.7 Å². The van der Waals surface area contributed by atoms with E-state index in [1.54, 1.807) is 17.9 Å². The molecule has 1 aliphatic carbocycles. The molecule has 2 aromatic rings. The molecule has 10 nitrogen and oxygen atoms in total. The number of aryl methyl sites for hydroxylation is 1. The third kappa shape index (κ3) is 3.16. The second-order valence-corrected chi connectivity index (χ2v) is 7.67. The molecule has 1 N–H and O–H groups in total. The summed E-state index contributed by atoms with van der Waals surface area (Å²) in [5.41, 5.74) is 0.595. The molecule has 1 aromatic carbocycles. The van der Waals surface area contributed by atoms with Crippen molar-refractivity contribution in [2.75, 3.05) is 13.1 Å². The van der Waals surface area contributed by atoms with Gasteiger partial charge in [0.1, 0.15) is 5.71 Å². The lowest BCUT2D eigenvalue weighted by Gasteiger charge is -2.25. The van der Waals surface area contributed by atoms with E-state index in [2.05, 4.69) is 5.10 Å². The summed E-state index contributed by atoms with van der Waals surface area (Å²) in [6.45, 7) is 3.00. The van der Waals surface area contributed by atoms with Crippen LogP contribution in [0.3, 0.4) is 0 Å². The molecule has 2 aliphatic rings. The van der Waals surface area contributed by atoms with Gasteiger partial charge in [-0.15, -0.1) is 0 Å². The summed E-state index contributed by atoms with van der Waals surface area (Å²) in [6, 6.07) is 3.01. The average molecular weight is 426 g/mol. The molecule has 4 rings (SSSR count). The number of benzene rings is 1. The van der Waals surface area contributed by atoms with Crippen LogP contribution in [0.25, 0.3) is 6.20 Å². The van der Waals surface area contributed by atoms with Gasteiger partial charge in [-0.3, -0.25) is 20.3 Å². The van der Waals surface area contributed by atoms with Crippen LogP contribution in [-0.2, 0) is 4.79 Å². The fourth-order valence-corrected chi connectivity index (χ4v) is 4.14. The maximum atomic E-state index is 12.4. The van der Waals surface area contributed by atoms with Crippen molar-refractivity contribution in [1.82, 2.24) is 14.7 Å². The van der Waals surface area contributed by atoms with Crippen LogP contribution in [-0.4, -0.2) is 49.2 Å². The van der Waals surface area contributed by atoms with Gasteiger partial charge in [0.05, 0.1) is 21.6 Å². The first-order valence-electron chi connectivity index (χ1n) is 9.42. The Morgan fingerprint density at radius 3 is 2.70 bits per heavy atom. The molecule has 154 valence electrons. The lowest BCUT2D eigenvalue weighted by molar-refractivity contribution is -0.737. The number of nitrogens with one attached hydrogen (secondary N) is 1. The third-order valence-corrected chi connectivity index (χ3v) is 5.67. The lowest BCUT2D eigenvalue weighted by atomic mass is 9.87. The SMILES string of the molecule is Cc1cc2c(c([N+](=O)[O-])c1)C(=N)c1c(n[n+]([O-])n1/C=C/C(=O)N1CCCCC1)C2=S. The maximum Gasteiger partial charge on any atom is 0.279 e. The van der Waals surface area contributed by atoms with Gasteiger partial charge in [-0.25, -0.2) is 0 Å². The van der Waals surface area contributed by atoms with Crippen molar-refractivity contribution in [3.8, 4) is 0 Å². The van der Waals surface area contributed by atoms with Crippen LogP contribution in [0.1, 0.15) is 47.3 Å². The van der Waals surface area contributed by atoms with Crippen molar-refractivity contribution in [2.24, 2.45) is 0 Å². The second kappa shape index (κ2) is 7.41. The molecule has 1 fully saturated rings. The maximum absolute atomic E-state index is 12.4. The number of hydrogen-bond donors (Lipinski definition) is 1. The third-order valence-electron chi connectivity index (χ3n) is 5.25. The first-order chi connectivity index (χ1) is 14.3. The van der Waals surface area contributed by atoms with Crippen LogP contribution in [0.2, 0.25) is 0 Å². The molecule has 0 spiro atoms. The van der Waals surface area contributed by atoms with Gasteiger partial charge < -0.3 is 10.1 Å². The minimum absolute atomic E-state index is 0.0251. The second-order valence-electron chi connectivity index (χ2n) is 7.26. The number of likely N-dealkylation sites (tertiary alicyclic amines) is 1. The van der Waals surface area contributed by atoms with E-state index in [-0.39, 0.29) is 44.1 Å². The lowest BCUT2D eigenvalue weighted by Crippen LogP contribution is -2.39. The zero-order chi connectivity index (χ0) is 21.6. The minimum Gasteiger partial charge on any atom is -0.571 e. The van der Waals surface area contributed by atoms with Gasteiger partial charge in [0.2, 0.25) is 5.91 Å².